The molecular formula is C20H24N2O4S. The van der Waals surface area contributed by atoms with Gasteiger partial charge in [0.2, 0.25) is 5.91 Å². The third kappa shape index (κ3) is 5.65. The second-order valence-electron chi connectivity index (χ2n) is 6.36. The average Bonchev–Trinajstić information content (AvgIpc) is 2.91. The van der Waals surface area contributed by atoms with Crippen molar-refractivity contribution < 1.29 is 19.1 Å². The van der Waals surface area contributed by atoms with Crippen molar-refractivity contribution in [1.29, 1.82) is 0 Å². The van der Waals surface area contributed by atoms with E-state index in [0.717, 1.165) is 16.0 Å². The molecule has 2 rings (SSSR count). The summed E-state index contributed by atoms with van der Waals surface area (Å²) >= 11 is 1.31. The van der Waals surface area contributed by atoms with E-state index in [9.17, 15) is 14.4 Å². The zero-order valence-electron chi connectivity index (χ0n) is 15.9. The first-order valence-corrected chi connectivity index (χ1v) is 9.47. The highest BCUT2D eigenvalue weighted by molar-refractivity contribution is 7.16. The number of esters is 1. The first-order valence-electron chi connectivity index (χ1n) is 8.66. The maximum absolute atomic E-state index is 12.4. The summed E-state index contributed by atoms with van der Waals surface area (Å²) < 4.78 is 5.15. The molecule has 1 aromatic carbocycles. The van der Waals surface area contributed by atoms with Gasteiger partial charge in [0.1, 0.15) is 5.00 Å². The van der Waals surface area contributed by atoms with Gasteiger partial charge in [-0.1, -0.05) is 37.3 Å². The topological polar surface area (TPSA) is 84.5 Å². The number of benzene rings is 1. The zero-order chi connectivity index (χ0) is 20.0. The molecule has 0 aliphatic carbocycles. The second kappa shape index (κ2) is 9.32. The minimum atomic E-state index is -0.619. The molecule has 2 amide bonds. The van der Waals surface area contributed by atoms with Crippen LogP contribution in [0.4, 0.5) is 5.00 Å². The Morgan fingerprint density at radius 1 is 1.15 bits per heavy atom. The largest absolute Gasteiger partial charge is 0.452 e. The van der Waals surface area contributed by atoms with Gasteiger partial charge in [-0.15, -0.1) is 11.3 Å². The molecule has 2 aromatic rings. The van der Waals surface area contributed by atoms with Crippen molar-refractivity contribution in [2.45, 2.75) is 33.6 Å². The maximum Gasteiger partial charge on any atom is 0.341 e. The standard InChI is InChI=1S/C20H24N2O4S/c1-12(16-8-6-5-7-9-16)10-21-17(24)11-26-20(25)18-13(2)14(3)27-19(18)22-15(4)23/h5-9,12H,10-11H2,1-4H3,(H,21,24)(H,22,23)/t12-/m0/s1. The molecule has 1 atom stereocenters. The van der Waals surface area contributed by atoms with E-state index >= 15 is 0 Å². The third-order valence-corrected chi connectivity index (χ3v) is 5.31. The number of nitrogens with one attached hydrogen (secondary N) is 2. The lowest BCUT2D eigenvalue weighted by molar-refractivity contribution is -0.124. The monoisotopic (exact) mass is 388 g/mol. The summed E-state index contributed by atoms with van der Waals surface area (Å²) in [5, 5.41) is 5.86. The number of carbonyl (C=O) groups excluding carboxylic acids is 3. The molecule has 0 saturated heterocycles. The molecule has 144 valence electrons. The van der Waals surface area contributed by atoms with Crippen molar-refractivity contribution in [3.05, 3.63) is 51.9 Å². The number of amides is 2. The third-order valence-electron chi connectivity index (χ3n) is 4.19. The van der Waals surface area contributed by atoms with Crippen molar-refractivity contribution >= 4 is 34.1 Å². The van der Waals surface area contributed by atoms with Crippen LogP contribution in [0.2, 0.25) is 0 Å². The second-order valence-corrected chi connectivity index (χ2v) is 7.59. The van der Waals surface area contributed by atoms with E-state index in [2.05, 4.69) is 10.6 Å². The van der Waals surface area contributed by atoms with Gasteiger partial charge in [-0.3, -0.25) is 9.59 Å². The molecule has 0 aliphatic rings. The number of carbonyl (C=O) groups is 3. The van der Waals surface area contributed by atoms with Crippen molar-refractivity contribution in [2.24, 2.45) is 0 Å². The van der Waals surface area contributed by atoms with Gasteiger partial charge < -0.3 is 15.4 Å². The zero-order valence-corrected chi connectivity index (χ0v) is 16.7. The normalized spacial score (nSPS) is 11.6. The van der Waals surface area contributed by atoms with Crippen LogP contribution in [-0.4, -0.2) is 30.9 Å². The summed E-state index contributed by atoms with van der Waals surface area (Å²) in [5.74, 6) is -1.10. The van der Waals surface area contributed by atoms with Crippen LogP contribution in [0.5, 0.6) is 0 Å². The molecule has 0 saturated carbocycles. The van der Waals surface area contributed by atoms with Gasteiger partial charge in [-0.25, -0.2) is 4.79 Å². The molecule has 0 aliphatic heterocycles. The van der Waals surface area contributed by atoms with Crippen LogP contribution >= 0.6 is 11.3 Å². The number of thiophene rings is 1. The minimum absolute atomic E-state index is 0.152. The number of hydrogen-bond acceptors (Lipinski definition) is 5. The van der Waals surface area contributed by atoms with Gasteiger partial charge in [-0.2, -0.15) is 0 Å². The summed E-state index contributed by atoms with van der Waals surface area (Å²) in [7, 11) is 0. The lowest BCUT2D eigenvalue weighted by atomic mass is 10.0. The summed E-state index contributed by atoms with van der Waals surface area (Å²) in [6, 6.07) is 9.85. The van der Waals surface area contributed by atoms with E-state index < -0.39 is 5.97 Å². The van der Waals surface area contributed by atoms with Crippen molar-refractivity contribution in [3.63, 3.8) is 0 Å². The molecule has 0 unspecified atom stereocenters. The Kier molecular flexibility index (Phi) is 7.12. The van der Waals surface area contributed by atoms with Gasteiger partial charge >= 0.3 is 5.97 Å². The highest BCUT2D eigenvalue weighted by Crippen LogP contribution is 2.32. The average molecular weight is 388 g/mol. The SMILES string of the molecule is CC(=O)Nc1sc(C)c(C)c1C(=O)OCC(=O)NC[C@H](C)c1ccccc1. The molecule has 27 heavy (non-hydrogen) atoms. The van der Waals surface area contributed by atoms with Gasteiger partial charge in [0.25, 0.3) is 5.91 Å². The van der Waals surface area contributed by atoms with E-state index in [-0.39, 0.29) is 24.3 Å². The Bertz CT molecular complexity index is 830. The summed E-state index contributed by atoms with van der Waals surface area (Å²) in [4.78, 5) is 36.6. The van der Waals surface area contributed by atoms with Gasteiger partial charge in [0.05, 0.1) is 5.56 Å². The molecule has 1 heterocycles. The molecule has 0 radical (unpaired) electrons. The summed E-state index contributed by atoms with van der Waals surface area (Å²) in [6.07, 6.45) is 0. The Hall–Kier alpha value is -2.67. The minimum Gasteiger partial charge on any atom is -0.452 e. The molecule has 0 bridgehead atoms. The number of aryl methyl sites for hydroxylation is 1. The van der Waals surface area contributed by atoms with Crippen LogP contribution in [0.25, 0.3) is 0 Å². The van der Waals surface area contributed by atoms with Crippen molar-refractivity contribution in [1.82, 2.24) is 5.32 Å². The van der Waals surface area contributed by atoms with E-state index in [1.54, 1.807) is 6.92 Å². The van der Waals surface area contributed by atoms with Crippen LogP contribution in [-0.2, 0) is 14.3 Å². The number of hydrogen-bond donors (Lipinski definition) is 2. The van der Waals surface area contributed by atoms with Crippen molar-refractivity contribution in [2.75, 3.05) is 18.5 Å². The maximum atomic E-state index is 12.4. The smallest absolute Gasteiger partial charge is 0.341 e. The number of rotatable bonds is 7. The summed E-state index contributed by atoms with van der Waals surface area (Å²) in [6.45, 7) is 7.12. The molecule has 0 spiro atoms. The highest BCUT2D eigenvalue weighted by atomic mass is 32.1. The van der Waals surface area contributed by atoms with Gasteiger partial charge in [0, 0.05) is 18.3 Å². The fraction of sp³-hybridized carbons (Fsp3) is 0.350. The Labute approximate surface area is 162 Å². The fourth-order valence-corrected chi connectivity index (χ4v) is 3.64. The molecular weight excluding hydrogens is 364 g/mol. The van der Waals surface area contributed by atoms with E-state index in [4.69, 9.17) is 4.74 Å². The van der Waals surface area contributed by atoms with Crippen LogP contribution < -0.4 is 10.6 Å². The lowest BCUT2D eigenvalue weighted by Gasteiger charge is -2.13. The van der Waals surface area contributed by atoms with Crippen LogP contribution in [0.15, 0.2) is 30.3 Å². The van der Waals surface area contributed by atoms with Gasteiger partial charge in [0.15, 0.2) is 6.61 Å². The van der Waals surface area contributed by atoms with Crippen LogP contribution in [0, 0.1) is 13.8 Å². The fourth-order valence-electron chi connectivity index (χ4n) is 2.54. The molecule has 0 fully saturated rings. The first kappa shape index (κ1) is 20.6. The first-order chi connectivity index (χ1) is 12.8. The van der Waals surface area contributed by atoms with E-state index in [1.807, 2.05) is 44.2 Å². The molecule has 2 N–H and O–H groups in total. The molecule has 6 nitrogen and oxygen atoms in total. The van der Waals surface area contributed by atoms with E-state index in [1.165, 1.54) is 18.3 Å². The van der Waals surface area contributed by atoms with E-state index in [0.29, 0.717) is 17.1 Å². The number of ether oxygens (including phenoxy) is 1. The molecule has 7 heteroatoms. The van der Waals surface area contributed by atoms with Gasteiger partial charge in [-0.05, 0) is 30.9 Å². The Morgan fingerprint density at radius 3 is 2.44 bits per heavy atom. The predicted molar refractivity (Wildman–Crippen MR) is 106 cm³/mol. The summed E-state index contributed by atoms with van der Waals surface area (Å²) in [5.41, 5.74) is 2.17. The van der Waals surface area contributed by atoms with Crippen molar-refractivity contribution in [3.8, 4) is 0 Å². The highest BCUT2D eigenvalue weighted by Gasteiger charge is 2.22. The number of anilines is 1. The quantitative estimate of drug-likeness (QED) is 0.712. The Morgan fingerprint density at radius 2 is 1.81 bits per heavy atom. The van der Waals surface area contributed by atoms with Crippen LogP contribution in [0.3, 0.4) is 0 Å². The molecule has 1 aromatic heterocycles. The van der Waals surface area contributed by atoms with Crippen LogP contribution in [0.1, 0.15) is 46.1 Å². The predicted octanol–water partition coefficient (Wildman–Crippen LogP) is 3.40. The lowest BCUT2D eigenvalue weighted by Crippen LogP contribution is -2.31. The Balaban J connectivity index is 1.90.